The Balaban J connectivity index is 0. The minimum Gasteiger partial charge on any atom is -0.344 e. The minimum absolute atomic E-state index is 0. The van der Waals surface area contributed by atoms with E-state index in [0.29, 0.717) is 12.0 Å². The summed E-state index contributed by atoms with van der Waals surface area (Å²) in [7, 11) is 0. The molecule has 1 saturated heterocycles. The first kappa shape index (κ1) is 18.9. The third kappa shape index (κ3) is 5.14. The molecule has 0 saturated carbocycles. The lowest BCUT2D eigenvalue weighted by Crippen LogP contribution is -2.52. The normalized spacial score (nSPS) is 19.6. The van der Waals surface area contributed by atoms with E-state index in [1.807, 2.05) is 32.6 Å². The Kier molecular flexibility index (Phi) is 8.51. The van der Waals surface area contributed by atoms with Gasteiger partial charge in [0.2, 0.25) is 11.8 Å². The van der Waals surface area contributed by atoms with Crippen LogP contribution in [0.2, 0.25) is 0 Å². The summed E-state index contributed by atoms with van der Waals surface area (Å²) >= 11 is 0. The molecule has 120 valence electrons. The number of likely N-dealkylation sites (tertiary alicyclic amines) is 1. The van der Waals surface area contributed by atoms with E-state index < -0.39 is 0 Å². The molecule has 20 heavy (non-hydrogen) atoms. The molecule has 1 aliphatic heterocycles. The maximum atomic E-state index is 12.5. The summed E-state index contributed by atoms with van der Waals surface area (Å²) in [6.45, 7) is 14.5. The van der Waals surface area contributed by atoms with Crippen LogP contribution in [0, 0.1) is 11.8 Å². The predicted molar refractivity (Wildman–Crippen MR) is 85.5 cm³/mol. The zero-order valence-electron chi connectivity index (χ0n) is 14.2. The van der Waals surface area contributed by atoms with E-state index in [4.69, 9.17) is 0 Å². The van der Waals surface area contributed by atoms with Crippen molar-refractivity contribution < 1.29 is 11.0 Å². The molecule has 0 bridgehead atoms. The van der Waals surface area contributed by atoms with Crippen LogP contribution in [0.4, 0.5) is 0 Å². The second kappa shape index (κ2) is 8.98. The lowest BCUT2D eigenvalue weighted by atomic mass is 9.98. The van der Waals surface area contributed by atoms with Gasteiger partial charge in [0.15, 0.2) is 0 Å². The number of rotatable bonds is 4. The highest BCUT2D eigenvalue weighted by Crippen LogP contribution is 2.25. The molecule has 1 N–H and O–H groups in total. The first-order chi connectivity index (χ1) is 9.34. The van der Waals surface area contributed by atoms with Crippen LogP contribution in [0.15, 0.2) is 0 Å². The minimum atomic E-state index is -0.387. The van der Waals surface area contributed by atoms with E-state index in [2.05, 4.69) is 19.2 Å². The van der Waals surface area contributed by atoms with Crippen molar-refractivity contribution in [2.24, 2.45) is 11.8 Å². The Morgan fingerprint density at radius 2 is 1.75 bits per heavy atom. The fourth-order valence-corrected chi connectivity index (χ4v) is 2.67. The summed E-state index contributed by atoms with van der Waals surface area (Å²) in [5, 5.41) is 2.79. The molecule has 0 aromatic heterocycles. The third-order valence-corrected chi connectivity index (χ3v) is 3.64. The van der Waals surface area contributed by atoms with E-state index in [1.54, 1.807) is 0 Å². The number of nitrogens with one attached hydrogen (secondary N) is 1. The van der Waals surface area contributed by atoms with Crippen LogP contribution in [0.1, 0.15) is 62.7 Å². The van der Waals surface area contributed by atoms with Gasteiger partial charge in [0.1, 0.15) is 6.04 Å². The average Bonchev–Trinajstić information content (AvgIpc) is 2.86. The summed E-state index contributed by atoms with van der Waals surface area (Å²) < 4.78 is 0. The van der Waals surface area contributed by atoms with Gasteiger partial charge < -0.3 is 10.2 Å². The van der Waals surface area contributed by atoms with Crippen LogP contribution in [0.3, 0.4) is 0 Å². The van der Waals surface area contributed by atoms with Crippen LogP contribution in [-0.2, 0) is 9.59 Å². The molecule has 0 spiro atoms. The molecule has 4 nitrogen and oxygen atoms in total. The molecule has 0 aliphatic carbocycles. The van der Waals surface area contributed by atoms with Crippen molar-refractivity contribution in [1.29, 1.82) is 0 Å². The monoisotopic (exact) mass is 286 g/mol. The molecule has 2 atom stereocenters. The molecular formula is C16H34N2O2. The van der Waals surface area contributed by atoms with Crippen molar-refractivity contribution in [3.8, 4) is 0 Å². The number of carbonyl (C=O) groups excluding carboxylic acids is 2. The van der Waals surface area contributed by atoms with Crippen LogP contribution in [0.25, 0.3) is 0 Å². The zero-order chi connectivity index (χ0) is 15.9. The predicted octanol–water partition coefficient (Wildman–Crippen LogP) is 3.07. The summed E-state index contributed by atoms with van der Waals surface area (Å²) in [5.74, 6) is 0.537. The molecule has 1 aliphatic rings. The van der Waals surface area contributed by atoms with E-state index in [0.717, 1.165) is 19.4 Å². The topological polar surface area (TPSA) is 49.4 Å². The smallest absolute Gasteiger partial charge is 0.245 e. The maximum Gasteiger partial charge on any atom is 0.245 e. The largest absolute Gasteiger partial charge is 0.344 e. The second-order valence-corrected chi connectivity index (χ2v) is 5.91. The molecule has 2 amide bonds. The molecule has 1 rings (SSSR count). The van der Waals surface area contributed by atoms with Gasteiger partial charge >= 0.3 is 0 Å². The fourth-order valence-electron chi connectivity index (χ4n) is 2.67. The highest BCUT2D eigenvalue weighted by molar-refractivity contribution is 5.87. The van der Waals surface area contributed by atoms with Crippen molar-refractivity contribution in [3.63, 3.8) is 0 Å². The molecule has 0 radical (unpaired) electrons. The first-order valence-corrected chi connectivity index (χ1v) is 7.92. The number of carbonyl (C=O) groups is 2. The van der Waals surface area contributed by atoms with Gasteiger partial charge in [0, 0.05) is 20.9 Å². The van der Waals surface area contributed by atoms with Crippen LogP contribution >= 0.6 is 0 Å². The Hall–Kier alpha value is -1.06. The summed E-state index contributed by atoms with van der Waals surface area (Å²) in [4.78, 5) is 25.7. The molecular weight excluding hydrogens is 252 g/mol. The Labute approximate surface area is 125 Å². The van der Waals surface area contributed by atoms with Gasteiger partial charge in [0.05, 0.1) is 0 Å². The Bertz CT molecular complexity index is 319. The SMILES string of the molecule is CC.CC(=O)N[C@H](C(=O)N1CCCC1C(C)C)C(C)C.[HH]. The first-order valence-electron chi connectivity index (χ1n) is 7.92. The van der Waals surface area contributed by atoms with E-state index in [1.165, 1.54) is 6.92 Å². The molecule has 1 fully saturated rings. The van der Waals surface area contributed by atoms with Gasteiger partial charge in [0.25, 0.3) is 0 Å². The molecule has 4 heteroatoms. The molecule has 1 heterocycles. The van der Waals surface area contributed by atoms with Gasteiger partial charge in [-0.25, -0.2) is 0 Å². The van der Waals surface area contributed by atoms with E-state index >= 15 is 0 Å². The quantitative estimate of drug-likeness (QED) is 0.863. The van der Waals surface area contributed by atoms with Crippen molar-refractivity contribution in [2.75, 3.05) is 6.54 Å². The summed E-state index contributed by atoms with van der Waals surface area (Å²) in [5.41, 5.74) is 0. The van der Waals surface area contributed by atoms with Crippen molar-refractivity contribution in [2.45, 2.75) is 73.4 Å². The molecule has 0 aromatic rings. The van der Waals surface area contributed by atoms with Gasteiger partial charge in [-0.05, 0) is 24.7 Å². The van der Waals surface area contributed by atoms with Gasteiger partial charge in [-0.15, -0.1) is 0 Å². The highest BCUT2D eigenvalue weighted by atomic mass is 16.2. The number of amides is 2. The highest BCUT2D eigenvalue weighted by Gasteiger charge is 2.35. The van der Waals surface area contributed by atoms with E-state index in [-0.39, 0.29) is 25.2 Å². The summed E-state index contributed by atoms with van der Waals surface area (Å²) in [6.07, 6.45) is 2.15. The second-order valence-electron chi connectivity index (χ2n) is 5.91. The Morgan fingerprint density at radius 1 is 1.20 bits per heavy atom. The summed E-state index contributed by atoms with van der Waals surface area (Å²) in [6, 6.07) is -0.0608. The van der Waals surface area contributed by atoms with Crippen LogP contribution in [0.5, 0.6) is 0 Å². The van der Waals surface area contributed by atoms with Crippen LogP contribution in [-0.4, -0.2) is 35.3 Å². The molecule has 1 unspecified atom stereocenters. The lowest BCUT2D eigenvalue weighted by molar-refractivity contribution is -0.138. The third-order valence-electron chi connectivity index (χ3n) is 3.64. The standard InChI is InChI=1S/C14H26N2O2.C2H6.H2/c1-9(2)12-7-6-8-16(12)14(18)13(10(3)4)15-11(5)17;1-2;/h9-10,12-13H,6-8H2,1-5H3,(H,15,17);1-2H3;1H/t12?,13-;;/m0../s1. The zero-order valence-corrected chi connectivity index (χ0v) is 14.2. The number of hydrogen-bond acceptors (Lipinski definition) is 2. The van der Waals surface area contributed by atoms with Crippen LogP contribution < -0.4 is 5.32 Å². The lowest BCUT2D eigenvalue weighted by Gasteiger charge is -2.32. The van der Waals surface area contributed by atoms with Gasteiger partial charge in [-0.3, -0.25) is 9.59 Å². The van der Waals surface area contributed by atoms with Crippen molar-refractivity contribution >= 4 is 11.8 Å². The average molecular weight is 286 g/mol. The van der Waals surface area contributed by atoms with Gasteiger partial charge in [-0.2, -0.15) is 0 Å². The van der Waals surface area contributed by atoms with Gasteiger partial charge in [-0.1, -0.05) is 41.5 Å². The van der Waals surface area contributed by atoms with E-state index in [9.17, 15) is 9.59 Å². The van der Waals surface area contributed by atoms with Crippen molar-refractivity contribution in [1.82, 2.24) is 10.2 Å². The maximum absolute atomic E-state index is 12.5. The number of hydrogen-bond donors (Lipinski definition) is 1. The Morgan fingerprint density at radius 3 is 2.15 bits per heavy atom. The molecule has 0 aromatic carbocycles. The number of nitrogens with zero attached hydrogens (tertiary/aromatic N) is 1. The fraction of sp³-hybridized carbons (Fsp3) is 0.875. The van der Waals surface area contributed by atoms with Crippen molar-refractivity contribution in [3.05, 3.63) is 0 Å².